The van der Waals surface area contributed by atoms with Gasteiger partial charge in [-0.1, -0.05) is 33.2 Å². The Labute approximate surface area is 111 Å². The van der Waals surface area contributed by atoms with Crippen molar-refractivity contribution in [2.45, 2.75) is 6.42 Å². The van der Waals surface area contributed by atoms with Crippen molar-refractivity contribution >= 4 is 15.9 Å². The van der Waals surface area contributed by atoms with E-state index in [4.69, 9.17) is 4.52 Å². The third-order valence-corrected chi connectivity index (χ3v) is 2.83. The molecule has 0 atom stereocenters. The van der Waals surface area contributed by atoms with Crippen LogP contribution in [0.1, 0.15) is 11.5 Å². The first-order valence-electron chi connectivity index (χ1n) is 5.24. The summed E-state index contributed by atoms with van der Waals surface area (Å²) in [5.41, 5.74) is 1.09. The minimum absolute atomic E-state index is 0.414. The number of hydrogen-bond acceptors (Lipinski definition) is 5. The second-order valence-corrected chi connectivity index (χ2v) is 4.57. The van der Waals surface area contributed by atoms with Crippen LogP contribution in [-0.4, -0.2) is 25.3 Å². The Bertz CT molecular complexity index is 649. The minimum atomic E-state index is 0.414. The van der Waals surface area contributed by atoms with Gasteiger partial charge in [-0.3, -0.25) is 5.10 Å². The number of halogens is 1. The molecule has 0 aliphatic rings. The maximum absolute atomic E-state index is 5.17. The molecule has 0 saturated carbocycles. The fourth-order valence-corrected chi connectivity index (χ4v) is 2.00. The molecule has 3 rings (SSSR count). The number of rotatable bonds is 3. The van der Waals surface area contributed by atoms with Crippen LogP contribution in [0.3, 0.4) is 0 Å². The smallest absolute Gasteiger partial charge is 0.239 e. The molecule has 3 aromatic rings. The third kappa shape index (κ3) is 2.30. The average Bonchev–Trinajstić information content (AvgIpc) is 2.98. The van der Waals surface area contributed by atoms with Crippen molar-refractivity contribution in [3.8, 4) is 11.6 Å². The second kappa shape index (κ2) is 4.69. The summed E-state index contributed by atoms with van der Waals surface area (Å²) in [6, 6.07) is 7.95. The summed E-state index contributed by atoms with van der Waals surface area (Å²) >= 11 is 3.42. The predicted molar refractivity (Wildman–Crippen MR) is 66.6 cm³/mol. The lowest BCUT2D eigenvalue weighted by molar-refractivity contribution is 0.385. The van der Waals surface area contributed by atoms with Crippen LogP contribution in [0.5, 0.6) is 0 Å². The lowest BCUT2D eigenvalue weighted by Gasteiger charge is -1.96. The monoisotopic (exact) mass is 305 g/mol. The molecule has 6 nitrogen and oxygen atoms in total. The van der Waals surface area contributed by atoms with E-state index in [0.29, 0.717) is 24.0 Å². The maximum atomic E-state index is 5.17. The van der Waals surface area contributed by atoms with Crippen molar-refractivity contribution in [1.82, 2.24) is 25.3 Å². The largest absolute Gasteiger partial charge is 0.339 e. The molecule has 90 valence electrons. The van der Waals surface area contributed by atoms with E-state index in [1.165, 1.54) is 6.33 Å². The molecule has 0 amide bonds. The molecule has 0 bridgehead atoms. The Balaban J connectivity index is 1.82. The molecule has 0 fully saturated rings. The van der Waals surface area contributed by atoms with E-state index in [9.17, 15) is 0 Å². The van der Waals surface area contributed by atoms with Crippen LogP contribution in [-0.2, 0) is 6.42 Å². The fourth-order valence-electron chi connectivity index (χ4n) is 1.56. The molecule has 0 spiro atoms. The van der Waals surface area contributed by atoms with E-state index in [1.807, 2.05) is 24.3 Å². The van der Waals surface area contributed by atoms with Crippen LogP contribution < -0.4 is 0 Å². The normalized spacial score (nSPS) is 10.7. The Kier molecular flexibility index (Phi) is 2.89. The summed E-state index contributed by atoms with van der Waals surface area (Å²) in [4.78, 5) is 8.21. The van der Waals surface area contributed by atoms with Crippen molar-refractivity contribution < 1.29 is 4.52 Å². The average molecular weight is 306 g/mol. The van der Waals surface area contributed by atoms with Crippen LogP contribution >= 0.6 is 15.9 Å². The Morgan fingerprint density at radius 1 is 1.33 bits per heavy atom. The molecule has 1 aromatic carbocycles. The van der Waals surface area contributed by atoms with E-state index in [-0.39, 0.29) is 0 Å². The van der Waals surface area contributed by atoms with E-state index >= 15 is 0 Å². The molecule has 0 unspecified atom stereocenters. The highest BCUT2D eigenvalue weighted by atomic mass is 79.9. The Morgan fingerprint density at radius 3 is 3.06 bits per heavy atom. The van der Waals surface area contributed by atoms with Gasteiger partial charge in [0.05, 0.1) is 6.42 Å². The molecule has 0 aliphatic carbocycles. The topological polar surface area (TPSA) is 80.5 Å². The van der Waals surface area contributed by atoms with Crippen LogP contribution in [0.4, 0.5) is 0 Å². The summed E-state index contributed by atoms with van der Waals surface area (Å²) in [6.45, 7) is 0. The van der Waals surface area contributed by atoms with Crippen molar-refractivity contribution in [1.29, 1.82) is 0 Å². The highest BCUT2D eigenvalue weighted by Gasteiger charge is 2.11. The Morgan fingerprint density at radius 2 is 2.28 bits per heavy atom. The standard InChI is InChI=1S/C11H8BrN5O/c12-8-3-1-2-7(4-8)5-9-15-11(17-18-9)10-13-6-14-16-10/h1-4,6H,5H2,(H,13,14,16). The molecule has 1 N–H and O–H groups in total. The minimum Gasteiger partial charge on any atom is -0.339 e. The van der Waals surface area contributed by atoms with Crippen molar-refractivity contribution in [2.24, 2.45) is 0 Å². The molecule has 0 saturated heterocycles. The third-order valence-electron chi connectivity index (χ3n) is 2.34. The molecular formula is C11H8BrN5O. The summed E-state index contributed by atoms with van der Waals surface area (Å²) in [7, 11) is 0. The van der Waals surface area contributed by atoms with Crippen molar-refractivity contribution in [3.63, 3.8) is 0 Å². The molecular weight excluding hydrogens is 298 g/mol. The van der Waals surface area contributed by atoms with Gasteiger partial charge in [0.2, 0.25) is 11.7 Å². The van der Waals surface area contributed by atoms with Gasteiger partial charge in [-0.25, -0.2) is 4.98 Å². The highest BCUT2D eigenvalue weighted by Crippen LogP contribution is 2.16. The molecule has 2 heterocycles. The van der Waals surface area contributed by atoms with Gasteiger partial charge in [0, 0.05) is 4.47 Å². The second-order valence-electron chi connectivity index (χ2n) is 3.65. The van der Waals surface area contributed by atoms with Gasteiger partial charge in [0.25, 0.3) is 0 Å². The van der Waals surface area contributed by atoms with Crippen LogP contribution in [0, 0.1) is 0 Å². The number of nitrogens with one attached hydrogen (secondary N) is 1. The molecule has 0 radical (unpaired) electrons. The fraction of sp³-hybridized carbons (Fsp3) is 0.0909. The predicted octanol–water partition coefficient (Wildman–Crippen LogP) is 2.21. The first-order valence-corrected chi connectivity index (χ1v) is 6.03. The van der Waals surface area contributed by atoms with Crippen LogP contribution in [0.15, 0.2) is 39.6 Å². The summed E-state index contributed by atoms with van der Waals surface area (Å²) < 4.78 is 6.19. The molecule has 2 aromatic heterocycles. The zero-order valence-corrected chi connectivity index (χ0v) is 10.8. The van der Waals surface area contributed by atoms with Gasteiger partial charge < -0.3 is 4.52 Å². The number of hydrogen-bond donors (Lipinski definition) is 1. The van der Waals surface area contributed by atoms with Gasteiger partial charge >= 0.3 is 0 Å². The maximum Gasteiger partial charge on any atom is 0.239 e. The SMILES string of the molecule is Brc1cccc(Cc2nc(-c3ncn[nH]3)no2)c1. The lowest BCUT2D eigenvalue weighted by atomic mass is 10.1. The molecule has 7 heteroatoms. The zero-order chi connectivity index (χ0) is 12.4. The van der Waals surface area contributed by atoms with E-state index in [0.717, 1.165) is 10.0 Å². The van der Waals surface area contributed by atoms with Gasteiger partial charge in [0.1, 0.15) is 6.33 Å². The summed E-state index contributed by atoms with van der Waals surface area (Å²) in [5, 5.41) is 10.3. The summed E-state index contributed by atoms with van der Waals surface area (Å²) in [6.07, 6.45) is 1.99. The van der Waals surface area contributed by atoms with Crippen molar-refractivity contribution in [3.05, 3.63) is 46.5 Å². The van der Waals surface area contributed by atoms with E-state index in [1.54, 1.807) is 0 Å². The zero-order valence-electron chi connectivity index (χ0n) is 9.17. The number of aromatic nitrogens is 5. The van der Waals surface area contributed by atoms with Crippen LogP contribution in [0.2, 0.25) is 0 Å². The quantitative estimate of drug-likeness (QED) is 0.802. The lowest BCUT2D eigenvalue weighted by Crippen LogP contribution is -1.89. The number of H-pyrrole nitrogens is 1. The highest BCUT2D eigenvalue weighted by molar-refractivity contribution is 9.10. The van der Waals surface area contributed by atoms with Gasteiger partial charge in [0.15, 0.2) is 5.82 Å². The number of nitrogens with zero attached hydrogens (tertiary/aromatic N) is 4. The number of aromatic amines is 1. The van der Waals surface area contributed by atoms with E-state index < -0.39 is 0 Å². The number of benzene rings is 1. The molecule has 18 heavy (non-hydrogen) atoms. The first-order chi connectivity index (χ1) is 8.81. The van der Waals surface area contributed by atoms with E-state index in [2.05, 4.69) is 41.3 Å². The first kappa shape index (κ1) is 11.1. The molecule has 0 aliphatic heterocycles. The van der Waals surface area contributed by atoms with Gasteiger partial charge in [-0.2, -0.15) is 10.1 Å². The van der Waals surface area contributed by atoms with Crippen LogP contribution in [0.25, 0.3) is 11.6 Å². The summed E-state index contributed by atoms with van der Waals surface area (Å²) in [5.74, 6) is 1.45. The van der Waals surface area contributed by atoms with Gasteiger partial charge in [-0.15, -0.1) is 0 Å². The van der Waals surface area contributed by atoms with Crippen molar-refractivity contribution in [2.75, 3.05) is 0 Å². The Hall–Kier alpha value is -2.02. The van der Waals surface area contributed by atoms with Gasteiger partial charge in [-0.05, 0) is 17.7 Å².